The van der Waals surface area contributed by atoms with Gasteiger partial charge in [0.15, 0.2) is 0 Å². The maximum Gasteiger partial charge on any atom is 0.327 e. The second-order valence-corrected chi connectivity index (χ2v) is 8.01. The van der Waals surface area contributed by atoms with E-state index in [0.717, 1.165) is 16.5 Å². The molecule has 0 bridgehead atoms. The number of nitrogens with one attached hydrogen (secondary N) is 4. The highest BCUT2D eigenvalue weighted by Gasteiger charge is 2.30. The number of para-hydroxylation sites is 1. The van der Waals surface area contributed by atoms with Gasteiger partial charge in [0.05, 0.1) is 12.5 Å². The van der Waals surface area contributed by atoms with Crippen LogP contribution in [0.2, 0.25) is 0 Å². The molecule has 0 aliphatic carbocycles. The van der Waals surface area contributed by atoms with E-state index in [9.17, 15) is 24.0 Å². The smallest absolute Gasteiger partial charge is 0.327 e. The highest BCUT2D eigenvalue weighted by Crippen LogP contribution is 2.18. The molecule has 184 valence electrons. The topological polar surface area (TPSA) is 204 Å². The van der Waals surface area contributed by atoms with Crippen LogP contribution in [0.15, 0.2) is 30.5 Å². The molecule has 12 nitrogen and oxygen atoms in total. The maximum atomic E-state index is 12.5. The van der Waals surface area contributed by atoms with Crippen molar-refractivity contribution in [2.45, 2.75) is 43.9 Å². The van der Waals surface area contributed by atoms with Gasteiger partial charge in [0.1, 0.15) is 18.1 Å². The fraction of sp³-hybridized carbons (Fsp3) is 0.381. The van der Waals surface area contributed by atoms with Crippen LogP contribution in [0.5, 0.6) is 0 Å². The lowest BCUT2D eigenvalue weighted by atomic mass is 10.0. The first-order valence-corrected chi connectivity index (χ1v) is 10.9. The Labute approximate surface area is 200 Å². The summed E-state index contributed by atoms with van der Waals surface area (Å²) < 4.78 is 0. The Morgan fingerprint density at radius 2 is 1.65 bits per heavy atom. The Bertz CT molecular complexity index is 1070. The number of carbonyl (C=O) groups excluding carboxylic acids is 3. The van der Waals surface area contributed by atoms with Crippen LogP contribution in [0.25, 0.3) is 10.9 Å². The van der Waals surface area contributed by atoms with Gasteiger partial charge in [-0.3, -0.25) is 19.2 Å². The van der Waals surface area contributed by atoms with E-state index in [0.29, 0.717) is 0 Å². The van der Waals surface area contributed by atoms with E-state index in [2.05, 4.69) is 33.6 Å². The SMILES string of the molecule is CC(NC(=O)C(N)Cc1c[nH]c2ccccc12)C(=O)NC(CC(=O)O)C(=O)NC(CS)C(=O)O. The molecule has 34 heavy (non-hydrogen) atoms. The van der Waals surface area contributed by atoms with Gasteiger partial charge in [0.25, 0.3) is 0 Å². The molecule has 13 heteroatoms. The third-order valence-corrected chi connectivity index (χ3v) is 5.38. The number of carboxylic acids is 2. The molecule has 0 radical (unpaired) electrons. The summed E-state index contributed by atoms with van der Waals surface area (Å²) in [5, 5.41) is 25.8. The zero-order chi connectivity index (χ0) is 25.4. The lowest BCUT2D eigenvalue weighted by molar-refractivity contribution is -0.143. The molecule has 0 aliphatic rings. The zero-order valence-electron chi connectivity index (χ0n) is 18.3. The third-order valence-electron chi connectivity index (χ3n) is 5.01. The van der Waals surface area contributed by atoms with Gasteiger partial charge < -0.3 is 36.9 Å². The normalized spacial score (nSPS) is 14.4. The Kier molecular flexibility index (Phi) is 9.45. The molecule has 2 aromatic rings. The van der Waals surface area contributed by atoms with Crippen molar-refractivity contribution in [2.75, 3.05) is 5.75 Å². The van der Waals surface area contributed by atoms with Crippen LogP contribution < -0.4 is 21.7 Å². The minimum atomic E-state index is -1.56. The quantitative estimate of drug-likeness (QED) is 0.172. The summed E-state index contributed by atoms with van der Waals surface area (Å²) in [4.78, 5) is 62.6. The van der Waals surface area contributed by atoms with Crippen molar-refractivity contribution in [3.8, 4) is 0 Å². The molecule has 8 N–H and O–H groups in total. The predicted octanol–water partition coefficient (Wildman–Crippen LogP) is -0.999. The second kappa shape index (κ2) is 12.0. The number of nitrogens with two attached hydrogens (primary N) is 1. The number of thiol groups is 1. The molecule has 1 aromatic heterocycles. The summed E-state index contributed by atoms with van der Waals surface area (Å²) in [7, 11) is 0. The Morgan fingerprint density at radius 3 is 2.26 bits per heavy atom. The minimum absolute atomic E-state index is 0.203. The number of amides is 3. The van der Waals surface area contributed by atoms with Crippen LogP contribution >= 0.6 is 12.6 Å². The van der Waals surface area contributed by atoms with Crippen LogP contribution in [0.4, 0.5) is 0 Å². The van der Waals surface area contributed by atoms with Gasteiger partial charge in [-0.25, -0.2) is 4.79 Å². The summed E-state index contributed by atoms with van der Waals surface area (Å²) in [6.07, 6.45) is 1.16. The molecule has 4 atom stereocenters. The van der Waals surface area contributed by atoms with Gasteiger partial charge in [-0.15, -0.1) is 0 Å². The van der Waals surface area contributed by atoms with Crippen LogP contribution in [0.1, 0.15) is 18.9 Å². The van der Waals surface area contributed by atoms with E-state index in [1.54, 1.807) is 6.20 Å². The lowest BCUT2D eigenvalue weighted by Gasteiger charge is -2.22. The van der Waals surface area contributed by atoms with Crippen molar-refractivity contribution >= 4 is 53.2 Å². The molecule has 0 spiro atoms. The fourth-order valence-corrected chi connectivity index (χ4v) is 3.40. The molecule has 0 saturated carbocycles. The first-order valence-electron chi connectivity index (χ1n) is 10.3. The second-order valence-electron chi connectivity index (χ2n) is 7.64. The van der Waals surface area contributed by atoms with Crippen molar-refractivity contribution in [2.24, 2.45) is 5.73 Å². The molecule has 0 aliphatic heterocycles. The molecular weight excluding hydrogens is 466 g/mol. The van der Waals surface area contributed by atoms with Gasteiger partial charge in [-0.2, -0.15) is 12.6 Å². The molecule has 4 unspecified atom stereocenters. The van der Waals surface area contributed by atoms with E-state index in [1.807, 2.05) is 24.3 Å². The largest absolute Gasteiger partial charge is 0.481 e. The van der Waals surface area contributed by atoms with Gasteiger partial charge in [-0.05, 0) is 25.0 Å². The number of rotatable bonds is 12. The van der Waals surface area contributed by atoms with Crippen molar-refractivity contribution < 1.29 is 34.2 Å². The van der Waals surface area contributed by atoms with E-state index < -0.39 is 60.2 Å². The Hall–Kier alpha value is -3.58. The van der Waals surface area contributed by atoms with Crippen LogP contribution in [0, 0.1) is 0 Å². The number of hydrogen-bond acceptors (Lipinski definition) is 7. The summed E-state index contributed by atoms with van der Waals surface area (Å²) in [5.41, 5.74) is 7.72. The third kappa shape index (κ3) is 7.22. The van der Waals surface area contributed by atoms with Crippen LogP contribution in [0.3, 0.4) is 0 Å². The van der Waals surface area contributed by atoms with Crippen molar-refractivity contribution in [3.63, 3.8) is 0 Å². The first kappa shape index (κ1) is 26.7. The zero-order valence-corrected chi connectivity index (χ0v) is 19.2. The number of benzene rings is 1. The van der Waals surface area contributed by atoms with E-state index in [1.165, 1.54) is 6.92 Å². The van der Waals surface area contributed by atoms with E-state index in [-0.39, 0.29) is 12.2 Å². The number of carboxylic acid groups (broad SMARTS) is 2. The van der Waals surface area contributed by atoms with Gasteiger partial charge in [0, 0.05) is 22.9 Å². The monoisotopic (exact) mass is 493 g/mol. The molecule has 1 aromatic carbocycles. The maximum absolute atomic E-state index is 12.5. The molecule has 0 saturated heterocycles. The highest BCUT2D eigenvalue weighted by molar-refractivity contribution is 7.80. The minimum Gasteiger partial charge on any atom is -0.481 e. The average Bonchev–Trinajstić information content (AvgIpc) is 3.18. The summed E-state index contributed by atoms with van der Waals surface area (Å²) in [6.45, 7) is 1.34. The number of aromatic nitrogens is 1. The number of hydrogen-bond donors (Lipinski definition) is 8. The summed E-state index contributed by atoms with van der Waals surface area (Å²) in [5.74, 6) is -5.47. The van der Waals surface area contributed by atoms with Crippen molar-refractivity contribution in [1.29, 1.82) is 0 Å². The van der Waals surface area contributed by atoms with Gasteiger partial charge in [-0.1, -0.05) is 18.2 Å². The molecular formula is C21H27N5O7S. The van der Waals surface area contributed by atoms with Crippen LogP contribution in [-0.2, 0) is 30.4 Å². The van der Waals surface area contributed by atoms with Crippen LogP contribution in [-0.4, -0.2) is 74.8 Å². The van der Waals surface area contributed by atoms with E-state index >= 15 is 0 Å². The fourth-order valence-electron chi connectivity index (χ4n) is 3.15. The first-order chi connectivity index (χ1) is 16.0. The Balaban J connectivity index is 1.98. The summed E-state index contributed by atoms with van der Waals surface area (Å²) in [6, 6.07) is 2.44. The molecule has 1 heterocycles. The number of aliphatic carboxylic acids is 2. The molecule has 2 rings (SSSR count). The lowest BCUT2D eigenvalue weighted by Crippen LogP contribution is -2.57. The average molecular weight is 494 g/mol. The number of aromatic amines is 1. The predicted molar refractivity (Wildman–Crippen MR) is 125 cm³/mol. The Morgan fingerprint density at radius 1 is 1.00 bits per heavy atom. The highest BCUT2D eigenvalue weighted by atomic mass is 32.1. The molecule has 0 fully saturated rings. The number of fused-ring (bicyclic) bond motifs is 1. The number of carbonyl (C=O) groups is 5. The van der Waals surface area contributed by atoms with Crippen molar-refractivity contribution in [1.82, 2.24) is 20.9 Å². The van der Waals surface area contributed by atoms with Crippen molar-refractivity contribution in [3.05, 3.63) is 36.0 Å². The van der Waals surface area contributed by atoms with Gasteiger partial charge in [0.2, 0.25) is 17.7 Å². The number of H-pyrrole nitrogens is 1. The molecule has 3 amide bonds. The standard InChI is InChI=1S/C21H27N5O7S/c1-10(18(29)25-15(7-17(27)28)20(31)26-16(9-34)21(32)33)24-19(30)13(22)6-11-8-23-14-5-3-2-4-12(11)14/h2-5,8,10,13,15-16,23,34H,6-7,9,22H2,1H3,(H,24,30)(H,25,29)(H,26,31)(H,27,28)(H,32,33). The van der Waals surface area contributed by atoms with Gasteiger partial charge >= 0.3 is 11.9 Å². The summed E-state index contributed by atoms with van der Waals surface area (Å²) >= 11 is 3.82. The van der Waals surface area contributed by atoms with E-state index in [4.69, 9.17) is 15.9 Å².